The summed E-state index contributed by atoms with van der Waals surface area (Å²) < 4.78 is 0. The van der Waals surface area contributed by atoms with Crippen LogP contribution in [0.4, 0.5) is 0 Å². The summed E-state index contributed by atoms with van der Waals surface area (Å²) in [6.45, 7) is 5.08. The lowest BCUT2D eigenvalue weighted by molar-refractivity contribution is -0.137. The van der Waals surface area contributed by atoms with Gasteiger partial charge in [0.1, 0.15) is 6.10 Å². The maximum absolute atomic E-state index is 12.5. The van der Waals surface area contributed by atoms with Crippen molar-refractivity contribution in [3.8, 4) is 0 Å². The SMILES string of the molecule is CC(CNC(=O)C(O)C(C)(C)CO)NC(=O)C1CCCCCCCCC1. The van der Waals surface area contributed by atoms with Crippen LogP contribution in [0.15, 0.2) is 0 Å². The second-order valence-corrected chi connectivity index (χ2v) is 8.45. The van der Waals surface area contributed by atoms with Crippen LogP contribution in [-0.2, 0) is 9.59 Å². The Morgan fingerprint density at radius 1 is 1.04 bits per heavy atom. The molecule has 26 heavy (non-hydrogen) atoms. The van der Waals surface area contributed by atoms with Crippen molar-refractivity contribution in [2.75, 3.05) is 13.2 Å². The summed E-state index contributed by atoms with van der Waals surface area (Å²) >= 11 is 0. The first kappa shape index (κ1) is 22.9. The van der Waals surface area contributed by atoms with Crippen LogP contribution in [0.3, 0.4) is 0 Å². The zero-order valence-corrected chi connectivity index (χ0v) is 16.7. The zero-order chi connectivity index (χ0) is 19.6. The van der Waals surface area contributed by atoms with Crippen LogP contribution in [0.2, 0.25) is 0 Å². The molecule has 0 aliphatic heterocycles. The highest BCUT2D eigenvalue weighted by molar-refractivity contribution is 5.81. The molecule has 1 rings (SSSR count). The van der Waals surface area contributed by atoms with E-state index >= 15 is 0 Å². The first-order valence-corrected chi connectivity index (χ1v) is 10.1. The molecular weight excluding hydrogens is 332 g/mol. The van der Waals surface area contributed by atoms with Crippen LogP contribution < -0.4 is 10.6 Å². The summed E-state index contributed by atoms with van der Waals surface area (Å²) in [6.07, 6.45) is 9.05. The Kier molecular flexibility index (Phi) is 10.2. The third-order valence-electron chi connectivity index (χ3n) is 5.34. The average molecular weight is 371 g/mol. The van der Waals surface area contributed by atoms with Crippen molar-refractivity contribution >= 4 is 11.8 Å². The normalized spacial score (nSPS) is 20.0. The van der Waals surface area contributed by atoms with Crippen molar-refractivity contribution < 1.29 is 19.8 Å². The first-order chi connectivity index (χ1) is 12.3. The predicted molar refractivity (Wildman–Crippen MR) is 103 cm³/mol. The minimum absolute atomic E-state index is 0.0603. The number of hydrogen-bond donors (Lipinski definition) is 4. The molecule has 152 valence electrons. The van der Waals surface area contributed by atoms with Crippen LogP contribution in [0.1, 0.15) is 78.6 Å². The predicted octanol–water partition coefficient (Wildman–Crippen LogP) is 2.13. The lowest BCUT2D eigenvalue weighted by Gasteiger charge is -2.28. The average Bonchev–Trinajstić information content (AvgIpc) is 2.63. The van der Waals surface area contributed by atoms with Crippen molar-refractivity contribution in [3.63, 3.8) is 0 Å². The van der Waals surface area contributed by atoms with Gasteiger partial charge < -0.3 is 20.8 Å². The quantitative estimate of drug-likeness (QED) is 0.552. The van der Waals surface area contributed by atoms with Gasteiger partial charge in [-0.1, -0.05) is 58.8 Å². The monoisotopic (exact) mass is 370 g/mol. The Morgan fingerprint density at radius 2 is 1.54 bits per heavy atom. The molecule has 1 saturated carbocycles. The molecule has 1 fully saturated rings. The molecular formula is C20H38N2O4. The van der Waals surface area contributed by atoms with Crippen LogP contribution in [0.5, 0.6) is 0 Å². The van der Waals surface area contributed by atoms with Gasteiger partial charge in [-0.3, -0.25) is 9.59 Å². The number of nitrogens with one attached hydrogen (secondary N) is 2. The second-order valence-electron chi connectivity index (χ2n) is 8.45. The third-order valence-corrected chi connectivity index (χ3v) is 5.34. The van der Waals surface area contributed by atoms with Gasteiger partial charge >= 0.3 is 0 Å². The molecule has 1 aliphatic carbocycles. The van der Waals surface area contributed by atoms with E-state index in [1.165, 1.54) is 32.1 Å². The van der Waals surface area contributed by atoms with Crippen molar-refractivity contribution in [3.05, 3.63) is 0 Å². The van der Waals surface area contributed by atoms with E-state index < -0.39 is 17.4 Å². The molecule has 6 nitrogen and oxygen atoms in total. The fourth-order valence-corrected chi connectivity index (χ4v) is 3.28. The Hall–Kier alpha value is -1.14. The molecule has 0 heterocycles. The molecule has 0 aromatic heterocycles. The Balaban J connectivity index is 2.41. The number of aliphatic hydroxyl groups excluding tert-OH is 2. The topological polar surface area (TPSA) is 98.7 Å². The smallest absolute Gasteiger partial charge is 0.249 e. The van der Waals surface area contributed by atoms with Gasteiger partial charge in [0.2, 0.25) is 11.8 Å². The maximum Gasteiger partial charge on any atom is 0.249 e. The molecule has 1 aliphatic rings. The first-order valence-electron chi connectivity index (χ1n) is 10.1. The summed E-state index contributed by atoms with van der Waals surface area (Å²) in [6, 6.07) is -0.203. The molecule has 2 amide bonds. The van der Waals surface area contributed by atoms with Crippen LogP contribution in [0, 0.1) is 11.3 Å². The fraction of sp³-hybridized carbons (Fsp3) is 0.900. The van der Waals surface area contributed by atoms with E-state index in [9.17, 15) is 19.8 Å². The van der Waals surface area contributed by atoms with E-state index in [0.717, 1.165) is 25.7 Å². The zero-order valence-electron chi connectivity index (χ0n) is 16.7. The van der Waals surface area contributed by atoms with Crippen molar-refractivity contribution in [1.82, 2.24) is 10.6 Å². The third kappa shape index (κ3) is 8.04. The summed E-state index contributed by atoms with van der Waals surface area (Å²) in [4.78, 5) is 24.6. The lowest BCUT2D eigenvalue weighted by Crippen LogP contribution is -2.50. The van der Waals surface area contributed by atoms with E-state index in [-0.39, 0.29) is 31.0 Å². The van der Waals surface area contributed by atoms with Gasteiger partial charge in [-0.15, -0.1) is 0 Å². The maximum atomic E-state index is 12.5. The van der Waals surface area contributed by atoms with Gasteiger partial charge in [-0.25, -0.2) is 0 Å². The van der Waals surface area contributed by atoms with Gasteiger partial charge in [0.15, 0.2) is 0 Å². The number of hydrogen-bond acceptors (Lipinski definition) is 4. The fourth-order valence-electron chi connectivity index (χ4n) is 3.28. The largest absolute Gasteiger partial charge is 0.396 e. The number of aliphatic hydroxyl groups is 2. The molecule has 0 radical (unpaired) electrons. The minimum atomic E-state index is -1.28. The molecule has 0 bridgehead atoms. The summed E-state index contributed by atoms with van der Waals surface area (Å²) in [7, 11) is 0. The number of carbonyl (C=O) groups excluding carboxylic acids is 2. The molecule has 4 N–H and O–H groups in total. The second kappa shape index (κ2) is 11.5. The van der Waals surface area contributed by atoms with E-state index in [4.69, 9.17) is 0 Å². The summed E-state index contributed by atoms with van der Waals surface area (Å²) in [5.41, 5.74) is -0.896. The minimum Gasteiger partial charge on any atom is -0.396 e. The standard InChI is InChI=1S/C20H38N2O4/c1-15(13-21-19(26)17(24)20(2,3)14-23)22-18(25)16-11-9-7-5-4-6-8-10-12-16/h15-17,23-24H,4-14H2,1-3H3,(H,21,26)(H,22,25). The van der Waals surface area contributed by atoms with Crippen LogP contribution in [0.25, 0.3) is 0 Å². The molecule has 0 saturated heterocycles. The van der Waals surface area contributed by atoms with E-state index in [1.807, 2.05) is 6.92 Å². The van der Waals surface area contributed by atoms with Crippen molar-refractivity contribution in [1.29, 1.82) is 0 Å². The highest BCUT2D eigenvalue weighted by atomic mass is 16.3. The summed E-state index contributed by atoms with van der Waals surface area (Å²) in [5.74, 6) is -0.391. The van der Waals surface area contributed by atoms with Gasteiger partial charge in [0.05, 0.1) is 6.61 Å². The highest BCUT2D eigenvalue weighted by Crippen LogP contribution is 2.22. The van der Waals surface area contributed by atoms with Gasteiger partial charge in [0.25, 0.3) is 0 Å². The van der Waals surface area contributed by atoms with E-state index in [1.54, 1.807) is 13.8 Å². The van der Waals surface area contributed by atoms with E-state index in [0.29, 0.717) is 0 Å². The molecule has 6 heteroatoms. The number of carbonyl (C=O) groups is 2. The summed E-state index contributed by atoms with van der Waals surface area (Å²) in [5, 5.41) is 24.9. The molecule has 0 spiro atoms. The molecule has 0 aromatic carbocycles. The van der Waals surface area contributed by atoms with E-state index in [2.05, 4.69) is 10.6 Å². The van der Waals surface area contributed by atoms with Gasteiger partial charge in [0, 0.05) is 23.9 Å². The van der Waals surface area contributed by atoms with Gasteiger partial charge in [-0.05, 0) is 19.8 Å². The van der Waals surface area contributed by atoms with Crippen molar-refractivity contribution in [2.45, 2.75) is 90.7 Å². The molecule has 2 atom stereocenters. The van der Waals surface area contributed by atoms with Crippen molar-refractivity contribution in [2.24, 2.45) is 11.3 Å². The lowest BCUT2D eigenvalue weighted by atomic mass is 9.87. The van der Waals surface area contributed by atoms with Crippen LogP contribution >= 0.6 is 0 Å². The highest BCUT2D eigenvalue weighted by Gasteiger charge is 2.33. The Morgan fingerprint density at radius 3 is 2.04 bits per heavy atom. The Labute approximate surface area is 158 Å². The number of rotatable bonds is 7. The Bertz CT molecular complexity index is 430. The van der Waals surface area contributed by atoms with Crippen LogP contribution in [-0.4, -0.2) is 47.3 Å². The molecule has 0 aromatic rings. The molecule has 2 unspecified atom stereocenters. The van der Waals surface area contributed by atoms with Gasteiger partial charge in [-0.2, -0.15) is 0 Å². The number of amides is 2.